The molecule has 0 amide bonds. The second kappa shape index (κ2) is 4.69. The van der Waals surface area contributed by atoms with Crippen LogP contribution >= 0.6 is 0 Å². The normalized spacial score (nSPS) is 11.0. The number of hydrogen-bond acceptors (Lipinski definition) is 6. The molecule has 2 aromatic heterocycles. The van der Waals surface area contributed by atoms with Crippen molar-refractivity contribution in [3.63, 3.8) is 0 Å². The Hall–Kier alpha value is -3.16. The Morgan fingerprint density at radius 3 is 1.50 bits per heavy atom. The van der Waals surface area contributed by atoms with Gasteiger partial charge in [-0.05, 0) is 56.9 Å². The molecule has 8 heteroatoms. The number of pyridine rings is 2. The summed E-state index contributed by atoms with van der Waals surface area (Å²) in [4.78, 5) is 28.8. The predicted molar refractivity (Wildman–Crippen MR) is 79.8 cm³/mol. The molecule has 0 N–H and O–H groups in total. The second-order valence-electron chi connectivity index (χ2n) is 4.97. The van der Waals surface area contributed by atoms with Gasteiger partial charge in [0.1, 0.15) is 0 Å². The molecule has 0 spiro atoms. The van der Waals surface area contributed by atoms with Crippen LogP contribution in [0.15, 0.2) is 24.3 Å². The number of nitro groups is 2. The highest BCUT2D eigenvalue weighted by atomic mass is 16.6. The van der Waals surface area contributed by atoms with Gasteiger partial charge in [0, 0.05) is 22.9 Å². The summed E-state index contributed by atoms with van der Waals surface area (Å²) in [6, 6.07) is 6.34. The molecule has 1 aromatic carbocycles. The van der Waals surface area contributed by atoms with Crippen molar-refractivity contribution in [3.05, 3.63) is 55.6 Å². The minimum Gasteiger partial charge on any atom is -0.358 e. The summed E-state index contributed by atoms with van der Waals surface area (Å²) < 4.78 is 0. The van der Waals surface area contributed by atoms with Crippen LogP contribution < -0.4 is 0 Å². The molecule has 22 heavy (non-hydrogen) atoms. The van der Waals surface area contributed by atoms with E-state index in [1.54, 1.807) is 26.0 Å². The molecule has 0 unspecified atom stereocenters. The molecule has 3 rings (SSSR count). The number of hydrogen-bond donors (Lipinski definition) is 0. The Morgan fingerprint density at radius 2 is 1.18 bits per heavy atom. The lowest BCUT2D eigenvalue weighted by Gasteiger charge is -2.03. The summed E-state index contributed by atoms with van der Waals surface area (Å²) in [5, 5.41) is 23.4. The van der Waals surface area contributed by atoms with Crippen molar-refractivity contribution in [2.24, 2.45) is 0 Å². The van der Waals surface area contributed by atoms with Gasteiger partial charge in [-0.1, -0.05) is 0 Å². The predicted octanol–water partition coefficient (Wildman–Crippen LogP) is 3.22. The lowest BCUT2D eigenvalue weighted by atomic mass is 10.0. The van der Waals surface area contributed by atoms with Crippen molar-refractivity contribution in [1.82, 2.24) is 9.97 Å². The molecule has 0 aliphatic heterocycles. The summed E-state index contributed by atoms with van der Waals surface area (Å²) >= 11 is 0. The molecule has 3 aromatic rings. The van der Waals surface area contributed by atoms with Gasteiger partial charge in [-0.25, -0.2) is 0 Å². The minimum atomic E-state index is -0.588. The molecule has 0 fully saturated rings. The van der Waals surface area contributed by atoms with Gasteiger partial charge in [-0.2, -0.15) is 0 Å². The molecule has 0 aliphatic rings. The second-order valence-corrected chi connectivity index (χ2v) is 4.97. The van der Waals surface area contributed by atoms with E-state index in [1.807, 2.05) is 0 Å². The van der Waals surface area contributed by atoms with E-state index in [4.69, 9.17) is 0 Å². The maximum atomic E-state index is 11.0. The van der Waals surface area contributed by atoms with Crippen LogP contribution in [0.5, 0.6) is 0 Å². The maximum absolute atomic E-state index is 11.0. The molecular formula is C14H10N4O4. The van der Waals surface area contributed by atoms with Crippen molar-refractivity contribution >= 4 is 33.4 Å². The van der Waals surface area contributed by atoms with Gasteiger partial charge >= 0.3 is 11.6 Å². The van der Waals surface area contributed by atoms with E-state index < -0.39 is 9.85 Å². The lowest BCUT2D eigenvalue weighted by molar-refractivity contribution is -0.389. The fraction of sp³-hybridized carbons (Fsp3) is 0.143. The topological polar surface area (TPSA) is 112 Å². The first-order valence-electron chi connectivity index (χ1n) is 6.39. The first kappa shape index (κ1) is 13.8. The number of fused-ring (bicyclic) bond motifs is 3. The van der Waals surface area contributed by atoms with E-state index in [1.165, 1.54) is 12.1 Å². The number of benzene rings is 1. The fourth-order valence-electron chi connectivity index (χ4n) is 2.47. The van der Waals surface area contributed by atoms with Gasteiger partial charge in [0.15, 0.2) is 0 Å². The monoisotopic (exact) mass is 298 g/mol. The first-order chi connectivity index (χ1) is 10.4. The van der Waals surface area contributed by atoms with Crippen molar-refractivity contribution < 1.29 is 9.85 Å². The van der Waals surface area contributed by atoms with Crippen LogP contribution in [0.2, 0.25) is 0 Å². The SMILES string of the molecule is Cc1cc([N+](=O)[O-])nc2c1ccc1c(C)cc([N+](=O)[O-])nc12. The average Bonchev–Trinajstić information content (AvgIpc) is 2.46. The molecule has 8 nitrogen and oxygen atoms in total. The lowest BCUT2D eigenvalue weighted by Crippen LogP contribution is -1.98. The molecule has 0 saturated carbocycles. The van der Waals surface area contributed by atoms with Crippen LogP contribution in [0.1, 0.15) is 11.1 Å². The van der Waals surface area contributed by atoms with E-state index in [9.17, 15) is 20.2 Å². The zero-order valence-corrected chi connectivity index (χ0v) is 11.7. The Labute approximate surface area is 123 Å². The number of rotatable bonds is 2. The van der Waals surface area contributed by atoms with Crippen molar-refractivity contribution in [3.8, 4) is 0 Å². The van der Waals surface area contributed by atoms with Crippen LogP contribution in [0.25, 0.3) is 21.8 Å². The van der Waals surface area contributed by atoms with E-state index in [2.05, 4.69) is 9.97 Å². The van der Waals surface area contributed by atoms with Crippen molar-refractivity contribution in [2.75, 3.05) is 0 Å². The fourth-order valence-corrected chi connectivity index (χ4v) is 2.47. The van der Waals surface area contributed by atoms with Gasteiger partial charge in [-0.3, -0.25) is 0 Å². The maximum Gasteiger partial charge on any atom is 0.364 e. The van der Waals surface area contributed by atoms with Crippen LogP contribution in [0, 0.1) is 34.1 Å². The standard InChI is InChI=1S/C14H10N4O4/c1-7-5-11(17(19)20)15-13-9(7)3-4-10-8(2)6-12(18(21)22)16-14(10)13/h3-6H,1-2H3. The highest BCUT2D eigenvalue weighted by Crippen LogP contribution is 2.30. The molecular weight excluding hydrogens is 288 g/mol. The quantitative estimate of drug-likeness (QED) is 0.408. The highest BCUT2D eigenvalue weighted by molar-refractivity contribution is 6.05. The Balaban J connectivity index is 2.52. The Morgan fingerprint density at radius 1 is 0.818 bits per heavy atom. The Bertz CT molecular complexity index is 889. The molecule has 0 aliphatic carbocycles. The van der Waals surface area contributed by atoms with Crippen molar-refractivity contribution in [2.45, 2.75) is 13.8 Å². The molecule has 0 radical (unpaired) electrons. The number of aromatic nitrogens is 2. The summed E-state index contributed by atoms with van der Waals surface area (Å²) in [6.07, 6.45) is 0. The van der Waals surface area contributed by atoms with E-state index in [-0.39, 0.29) is 11.6 Å². The van der Waals surface area contributed by atoms with Crippen LogP contribution in [0.4, 0.5) is 11.6 Å². The first-order valence-corrected chi connectivity index (χ1v) is 6.39. The zero-order valence-electron chi connectivity index (χ0n) is 11.7. The van der Waals surface area contributed by atoms with Crippen LogP contribution in [-0.4, -0.2) is 19.8 Å². The van der Waals surface area contributed by atoms with Gasteiger partial charge in [-0.15, -0.1) is 0 Å². The third kappa shape index (κ3) is 2.01. The molecule has 2 heterocycles. The molecule has 0 saturated heterocycles. The third-order valence-corrected chi connectivity index (χ3v) is 3.52. The summed E-state index contributed by atoms with van der Waals surface area (Å²) in [5.41, 5.74) is 1.95. The summed E-state index contributed by atoms with van der Waals surface area (Å²) in [6.45, 7) is 3.46. The zero-order chi connectivity index (χ0) is 16.0. The van der Waals surface area contributed by atoms with Crippen LogP contribution in [0.3, 0.4) is 0 Å². The summed E-state index contributed by atoms with van der Waals surface area (Å²) in [7, 11) is 0. The third-order valence-electron chi connectivity index (χ3n) is 3.52. The van der Waals surface area contributed by atoms with Crippen LogP contribution in [-0.2, 0) is 0 Å². The summed E-state index contributed by atoms with van der Waals surface area (Å²) in [5.74, 6) is -0.605. The Kier molecular flexibility index (Phi) is 2.94. The molecule has 110 valence electrons. The minimum absolute atomic E-state index is 0.302. The smallest absolute Gasteiger partial charge is 0.358 e. The highest BCUT2D eigenvalue weighted by Gasteiger charge is 2.21. The van der Waals surface area contributed by atoms with E-state index >= 15 is 0 Å². The van der Waals surface area contributed by atoms with E-state index in [0.29, 0.717) is 32.9 Å². The van der Waals surface area contributed by atoms with Crippen molar-refractivity contribution in [1.29, 1.82) is 0 Å². The van der Waals surface area contributed by atoms with Gasteiger partial charge < -0.3 is 20.2 Å². The van der Waals surface area contributed by atoms with Gasteiger partial charge in [0.05, 0.1) is 0 Å². The largest absolute Gasteiger partial charge is 0.364 e. The average molecular weight is 298 g/mol. The number of aryl methyl sites for hydroxylation is 2. The number of nitrogens with zero attached hydrogens (tertiary/aromatic N) is 4. The molecule has 0 bridgehead atoms. The van der Waals surface area contributed by atoms with Gasteiger partial charge in [0.25, 0.3) is 0 Å². The van der Waals surface area contributed by atoms with E-state index in [0.717, 1.165) is 0 Å². The van der Waals surface area contributed by atoms with Gasteiger partial charge in [0.2, 0.25) is 11.0 Å². The molecule has 0 atom stereocenters.